The van der Waals surface area contributed by atoms with Crippen molar-refractivity contribution in [2.24, 2.45) is 46.3 Å². The Bertz CT molecular complexity index is 1410. The van der Waals surface area contributed by atoms with Gasteiger partial charge in [-0.05, 0) is 152 Å². The van der Waals surface area contributed by atoms with Crippen molar-refractivity contribution in [2.45, 2.75) is 196 Å². The number of rotatable bonds is 18. The van der Waals surface area contributed by atoms with Crippen LogP contribution >= 0.6 is 0 Å². The van der Waals surface area contributed by atoms with Gasteiger partial charge in [0, 0.05) is 39.0 Å². The molecule has 3 saturated carbocycles. The summed E-state index contributed by atoms with van der Waals surface area (Å²) in [6.07, 6.45) is 16.9. The Balaban J connectivity index is 1.26. The lowest BCUT2D eigenvalue weighted by molar-refractivity contribution is -0.153. The lowest BCUT2D eigenvalue weighted by Crippen LogP contribution is -2.51. The van der Waals surface area contributed by atoms with Crippen molar-refractivity contribution in [3.8, 4) is 0 Å². The Labute approximate surface area is 352 Å². The van der Waals surface area contributed by atoms with E-state index in [4.69, 9.17) is 14.2 Å². The molecule has 0 aromatic heterocycles. The molecule has 0 aromatic rings. The molecule has 0 aromatic carbocycles. The third-order valence-electron chi connectivity index (χ3n) is 14.2. The molecule has 4 rings (SSSR count). The van der Waals surface area contributed by atoms with Crippen LogP contribution in [0.3, 0.4) is 0 Å². The van der Waals surface area contributed by atoms with Gasteiger partial charge in [0.25, 0.3) is 0 Å². The summed E-state index contributed by atoms with van der Waals surface area (Å²) in [6, 6.07) is 0. The van der Waals surface area contributed by atoms with Gasteiger partial charge < -0.3 is 29.7 Å². The van der Waals surface area contributed by atoms with Crippen molar-refractivity contribution in [1.29, 1.82) is 0 Å². The van der Waals surface area contributed by atoms with E-state index in [1.54, 1.807) is 4.90 Å². The topological polar surface area (TPSA) is 123 Å². The third-order valence-corrected chi connectivity index (χ3v) is 14.2. The minimum Gasteiger partial charge on any atom is -0.462 e. The summed E-state index contributed by atoms with van der Waals surface area (Å²) in [4.78, 5) is 52.6. The predicted molar refractivity (Wildman–Crippen MR) is 231 cm³/mol. The van der Waals surface area contributed by atoms with Gasteiger partial charge in [-0.25, -0.2) is 9.59 Å². The van der Waals surface area contributed by atoms with Crippen molar-refractivity contribution in [1.82, 2.24) is 15.5 Å². The fourth-order valence-corrected chi connectivity index (χ4v) is 11.4. The van der Waals surface area contributed by atoms with Gasteiger partial charge in [0.15, 0.2) is 0 Å². The zero-order valence-electron chi connectivity index (χ0n) is 38.6. The molecule has 0 aliphatic heterocycles. The zero-order chi connectivity index (χ0) is 42.9. The number of hydrogen-bond donors (Lipinski definition) is 2. The second-order valence-corrected chi connectivity index (χ2v) is 21.4. The van der Waals surface area contributed by atoms with Crippen LogP contribution < -0.4 is 10.6 Å². The minimum absolute atomic E-state index is 0.0422. The van der Waals surface area contributed by atoms with E-state index in [1.165, 1.54) is 56.9 Å². The van der Waals surface area contributed by atoms with E-state index < -0.39 is 23.4 Å². The molecule has 3 fully saturated rings. The first kappa shape index (κ1) is 47.9. The van der Waals surface area contributed by atoms with E-state index in [2.05, 4.69) is 51.3 Å². The van der Waals surface area contributed by atoms with E-state index in [0.29, 0.717) is 56.8 Å². The Morgan fingerprint density at radius 1 is 0.776 bits per heavy atom. The predicted octanol–water partition coefficient (Wildman–Crippen LogP) is 10.8. The summed E-state index contributed by atoms with van der Waals surface area (Å²) in [5.41, 5.74) is 0.992. The van der Waals surface area contributed by atoms with Gasteiger partial charge in [-0.3, -0.25) is 9.59 Å². The van der Waals surface area contributed by atoms with E-state index in [0.717, 1.165) is 48.9 Å². The SMILES string of the molecule is CC(C)CCCC(C)[C@H]1CC[C@H]2[C@@H]3CC=C4C[C@@H](OC(=O)CCC(=O)N(CCCCNC(=O)OC(C)(C)C)CCCNC(=O)OC(C)(C)C)CC[C@]4(C)[C@H]3CC[C@]12C. The summed E-state index contributed by atoms with van der Waals surface area (Å²) < 4.78 is 16.7. The highest BCUT2D eigenvalue weighted by molar-refractivity contribution is 5.81. The molecule has 1 unspecified atom stereocenters. The van der Waals surface area contributed by atoms with Gasteiger partial charge in [0.05, 0.1) is 6.42 Å². The highest BCUT2D eigenvalue weighted by atomic mass is 16.6. The van der Waals surface area contributed by atoms with E-state index >= 15 is 0 Å². The highest BCUT2D eigenvalue weighted by Gasteiger charge is 2.59. The molecule has 0 saturated heterocycles. The van der Waals surface area contributed by atoms with Crippen LogP contribution in [0.15, 0.2) is 11.6 Å². The van der Waals surface area contributed by atoms with Crippen LogP contribution in [0.1, 0.15) is 179 Å². The fourth-order valence-electron chi connectivity index (χ4n) is 11.4. The average Bonchev–Trinajstić information content (AvgIpc) is 3.47. The minimum atomic E-state index is -0.593. The first-order valence-corrected chi connectivity index (χ1v) is 23.2. The Hall–Kier alpha value is -2.78. The molecule has 332 valence electrons. The van der Waals surface area contributed by atoms with Crippen molar-refractivity contribution in [2.75, 3.05) is 26.2 Å². The van der Waals surface area contributed by atoms with E-state index in [9.17, 15) is 19.2 Å². The third kappa shape index (κ3) is 13.6. The Kier molecular flexibility index (Phi) is 17.1. The first-order valence-electron chi connectivity index (χ1n) is 23.2. The molecule has 58 heavy (non-hydrogen) atoms. The molecule has 2 N–H and O–H groups in total. The molecule has 0 radical (unpaired) electrons. The van der Waals surface area contributed by atoms with Crippen LogP contribution in [0.4, 0.5) is 9.59 Å². The molecule has 0 spiro atoms. The molecular weight excluding hydrogens is 731 g/mol. The molecule has 4 aliphatic rings. The zero-order valence-corrected chi connectivity index (χ0v) is 38.6. The number of ether oxygens (including phenoxy) is 3. The number of amides is 3. The Morgan fingerprint density at radius 2 is 1.41 bits per heavy atom. The monoisotopic (exact) mass is 814 g/mol. The molecule has 0 heterocycles. The van der Waals surface area contributed by atoms with Crippen molar-refractivity contribution < 1.29 is 33.4 Å². The number of nitrogens with one attached hydrogen (secondary N) is 2. The Morgan fingerprint density at radius 3 is 2.05 bits per heavy atom. The van der Waals surface area contributed by atoms with Crippen LogP contribution in [0.5, 0.6) is 0 Å². The smallest absolute Gasteiger partial charge is 0.407 e. The second-order valence-electron chi connectivity index (χ2n) is 21.4. The van der Waals surface area contributed by atoms with Gasteiger partial charge in [-0.15, -0.1) is 0 Å². The maximum Gasteiger partial charge on any atom is 0.407 e. The summed E-state index contributed by atoms with van der Waals surface area (Å²) in [7, 11) is 0. The number of alkyl carbamates (subject to hydrolysis) is 2. The van der Waals surface area contributed by atoms with Crippen LogP contribution in [0.2, 0.25) is 0 Å². The average molecular weight is 814 g/mol. The number of hydrogen-bond acceptors (Lipinski definition) is 7. The van der Waals surface area contributed by atoms with Gasteiger partial charge in [0.1, 0.15) is 17.3 Å². The molecular formula is C48H83N3O7. The van der Waals surface area contributed by atoms with Crippen molar-refractivity contribution in [3.63, 3.8) is 0 Å². The molecule has 10 nitrogen and oxygen atoms in total. The van der Waals surface area contributed by atoms with Crippen LogP contribution in [-0.2, 0) is 23.8 Å². The largest absolute Gasteiger partial charge is 0.462 e. The van der Waals surface area contributed by atoms with Gasteiger partial charge in [-0.1, -0.05) is 65.5 Å². The van der Waals surface area contributed by atoms with E-state index in [-0.39, 0.29) is 36.2 Å². The maximum absolute atomic E-state index is 13.5. The van der Waals surface area contributed by atoms with Crippen LogP contribution in [-0.4, -0.2) is 72.4 Å². The lowest BCUT2D eigenvalue weighted by atomic mass is 9.47. The number of carbonyl (C=O) groups excluding carboxylic acids is 4. The number of carbonyl (C=O) groups is 4. The van der Waals surface area contributed by atoms with Crippen LogP contribution in [0, 0.1) is 46.3 Å². The quantitative estimate of drug-likeness (QED) is 0.0611. The molecule has 10 heteroatoms. The van der Waals surface area contributed by atoms with Gasteiger partial charge in [-0.2, -0.15) is 0 Å². The number of nitrogens with zero attached hydrogens (tertiary/aromatic N) is 1. The summed E-state index contributed by atoms with van der Waals surface area (Å²) >= 11 is 0. The number of fused-ring (bicyclic) bond motifs is 5. The van der Waals surface area contributed by atoms with Gasteiger partial charge >= 0.3 is 18.2 Å². The molecule has 8 atom stereocenters. The molecule has 0 bridgehead atoms. The highest BCUT2D eigenvalue weighted by Crippen LogP contribution is 2.67. The normalized spacial score (nSPS) is 28.6. The lowest BCUT2D eigenvalue weighted by Gasteiger charge is -2.58. The summed E-state index contributed by atoms with van der Waals surface area (Å²) in [5.74, 6) is 4.34. The van der Waals surface area contributed by atoms with E-state index in [1.807, 2.05) is 41.5 Å². The number of allylic oxidation sites excluding steroid dienone is 1. The standard InChI is InChI=1S/C48H83N3O7/c1-33(2)16-14-17-34(3)38-20-21-39-37-19-18-35-32-36(24-26-47(35,10)40(37)25-27-48(38,39)11)56-42(53)23-22-41(52)51(31-15-29-50-44(55)58-46(7,8)9)30-13-12-28-49-43(54)57-45(4,5)6/h18,33-34,36-40H,12-17,19-32H2,1-11H3,(H,49,54)(H,50,55)/t34?,36-,37-,38+,39-,40-,47-,48+/m0/s1. The molecule has 4 aliphatic carbocycles. The number of unbranched alkanes of at least 4 members (excludes halogenated alkanes) is 1. The fraction of sp³-hybridized carbons (Fsp3) is 0.875. The summed E-state index contributed by atoms with van der Waals surface area (Å²) in [5, 5.41) is 5.53. The van der Waals surface area contributed by atoms with Gasteiger partial charge in [0.2, 0.25) is 5.91 Å². The second kappa shape index (κ2) is 20.7. The molecule has 3 amide bonds. The van der Waals surface area contributed by atoms with Crippen molar-refractivity contribution in [3.05, 3.63) is 11.6 Å². The maximum atomic E-state index is 13.5. The van der Waals surface area contributed by atoms with Crippen LogP contribution in [0.25, 0.3) is 0 Å². The number of esters is 1. The summed E-state index contributed by atoms with van der Waals surface area (Å²) in [6.45, 7) is 25.0. The van der Waals surface area contributed by atoms with Crippen molar-refractivity contribution >= 4 is 24.1 Å². The first-order chi connectivity index (χ1) is 27.1.